The van der Waals surface area contributed by atoms with E-state index in [1.807, 2.05) is 25.1 Å². The zero-order chi connectivity index (χ0) is 15.2. The minimum atomic E-state index is -0.327. The quantitative estimate of drug-likeness (QED) is 0.677. The molecule has 0 heterocycles. The second kappa shape index (κ2) is 6.88. The van der Waals surface area contributed by atoms with Crippen molar-refractivity contribution < 1.29 is 13.9 Å². The first-order valence-electron chi connectivity index (χ1n) is 6.79. The van der Waals surface area contributed by atoms with Crippen LogP contribution in [0.1, 0.15) is 23.1 Å². The molecular weight excluding hydrogens is 269 g/mol. The Kier molecular flexibility index (Phi) is 4.93. The first kappa shape index (κ1) is 15.0. The van der Waals surface area contributed by atoms with Gasteiger partial charge in [0.2, 0.25) is 0 Å². The molecule has 0 amide bonds. The predicted molar refractivity (Wildman–Crippen MR) is 80.1 cm³/mol. The van der Waals surface area contributed by atoms with Crippen LogP contribution in [0.4, 0.5) is 10.1 Å². The van der Waals surface area contributed by atoms with E-state index in [9.17, 15) is 9.18 Å². The van der Waals surface area contributed by atoms with Crippen molar-refractivity contribution in [3.05, 3.63) is 65.0 Å². The summed E-state index contributed by atoms with van der Waals surface area (Å²) in [6.45, 7) is 1.95. The zero-order valence-electron chi connectivity index (χ0n) is 11.9. The maximum Gasteiger partial charge on any atom is 0.306 e. The molecule has 3 nitrogen and oxygen atoms in total. The average molecular weight is 287 g/mol. The van der Waals surface area contributed by atoms with Crippen LogP contribution in [-0.4, -0.2) is 5.97 Å². The smallest absolute Gasteiger partial charge is 0.306 e. The van der Waals surface area contributed by atoms with E-state index < -0.39 is 0 Å². The fraction of sp³-hybridized carbons (Fsp3) is 0.235. The highest BCUT2D eigenvalue weighted by Crippen LogP contribution is 2.13. The van der Waals surface area contributed by atoms with Crippen LogP contribution in [-0.2, 0) is 22.6 Å². The summed E-state index contributed by atoms with van der Waals surface area (Å²) in [5, 5.41) is 0. The fourth-order valence-corrected chi connectivity index (χ4v) is 2.02. The van der Waals surface area contributed by atoms with Crippen LogP contribution in [0.15, 0.2) is 42.5 Å². The molecule has 2 N–H and O–H groups in total. The van der Waals surface area contributed by atoms with Gasteiger partial charge in [-0.1, -0.05) is 18.2 Å². The van der Waals surface area contributed by atoms with Crippen LogP contribution in [0, 0.1) is 12.7 Å². The Morgan fingerprint density at radius 2 is 2.05 bits per heavy atom. The minimum Gasteiger partial charge on any atom is -0.461 e. The monoisotopic (exact) mass is 287 g/mol. The molecule has 0 saturated heterocycles. The number of ether oxygens (including phenoxy) is 1. The van der Waals surface area contributed by atoms with Gasteiger partial charge in [0.05, 0.1) is 0 Å². The van der Waals surface area contributed by atoms with E-state index in [0.29, 0.717) is 17.7 Å². The van der Waals surface area contributed by atoms with Gasteiger partial charge < -0.3 is 10.5 Å². The third kappa shape index (κ3) is 4.60. The Labute approximate surface area is 123 Å². The van der Waals surface area contributed by atoms with E-state index in [0.717, 1.165) is 11.1 Å². The van der Waals surface area contributed by atoms with E-state index in [1.54, 1.807) is 12.1 Å². The fourth-order valence-electron chi connectivity index (χ4n) is 2.02. The summed E-state index contributed by atoms with van der Waals surface area (Å²) >= 11 is 0. The van der Waals surface area contributed by atoms with Crippen LogP contribution in [0.5, 0.6) is 0 Å². The van der Waals surface area contributed by atoms with Crippen LogP contribution in [0.2, 0.25) is 0 Å². The molecule has 2 aromatic carbocycles. The van der Waals surface area contributed by atoms with Gasteiger partial charge in [0, 0.05) is 12.1 Å². The number of benzene rings is 2. The third-order valence-electron chi connectivity index (χ3n) is 3.27. The molecule has 0 saturated carbocycles. The summed E-state index contributed by atoms with van der Waals surface area (Å²) in [5.41, 5.74) is 8.94. The van der Waals surface area contributed by atoms with E-state index in [-0.39, 0.29) is 24.8 Å². The van der Waals surface area contributed by atoms with Crippen molar-refractivity contribution in [3.8, 4) is 0 Å². The lowest BCUT2D eigenvalue weighted by atomic mass is 10.1. The Bertz CT molecular complexity index is 640. The van der Waals surface area contributed by atoms with Gasteiger partial charge in [-0.3, -0.25) is 4.79 Å². The van der Waals surface area contributed by atoms with Crippen molar-refractivity contribution in [2.75, 3.05) is 5.73 Å². The lowest BCUT2D eigenvalue weighted by Gasteiger charge is -2.08. The molecular formula is C17H18FNO2. The van der Waals surface area contributed by atoms with Crippen molar-refractivity contribution in [2.45, 2.75) is 26.4 Å². The molecule has 110 valence electrons. The van der Waals surface area contributed by atoms with Gasteiger partial charge >= 0.3 is 5.97 Å². The highest BCUT2D eigenvalue weighted by atomic mass is 19.1. The molecule has 0 aliphatic heterocycles. The molecule has 0 aliphatic carbocycles. The summed E-state index contributed by atoms with van der Waals surface area (Å²) < 4.78 is 18.3. The van der Waals surface area contributed by atoms with Crippen LogP contribution in [0.25, 0.3) is 0 Å². The van der Waals surface area contributed by atoms with Crippen molar-refractivity contribution in [2.24, 2.45) is 0 Å². The minimum absolute atomic E-state index is 0.0966. The Morgan fingerprint density at radius 1 is 1.24 bits per heavy atom. The number of hydrogen-bond donors (Lipinski definition) is 1. The van der Waals surface area contributed by atoms with E-state index in [1.165, 1.54) is 12.1 Å². The number of halogens is 1. The van der Waals surface area contributed by atoms with Gasteiger partial charge in [-0.2, -0.15) is 0 Å². The van der Waals surface area contributed by atoms with Gasteiger partial charge in [-0.05, 0) is 54.3 Å². The molecule has 0 fully saturated rings. The second-order valence-corrected chi connectivity index (χ2v) is 4.98. The van der Waals surface area contributed by atoms with Gasteiger partial charge in [-0.25, -0.2) is 4.39 Å². The molecule has 0 radical (unpaired) electrons. The number of esters is 1. The SMILES string of the molecule is Cc1ccc(F)cc1COC(=O)CCc1cccc(N)c1. The average Bonchev–Trinajstić information content (AvgIpc) is 2.46. The lowest BCUT2D eigenvalue weighted by Crippen LogP contribution is -2.07. The third-order valence-corrected chi connectivity index (χ3v) is 3.27. The van der Waals surface area contributed by atoms with Crippen LogP contribution in [0.3, 0.4) is 0 Å². The van der Waals surface area contributed by atoms with Gasteiger partial charge in [0.25, 0.3) is 0 Å². The van der Waals surface area contributed by atoms with E-state index in [4.69, 9.17) is 10.5 Å². The summed E-state index contributed by atoms with van der Waals surface area (Å²) in [4.78, 5) is 11.7. The molecule has 0 bridgehead atoms. The molecule has 2 aromatic rings. The summed E-state index contributed by atoms with van der Waals surface area (Å²) in [6, 6.07) is 11.9. The zero-order valence-corrected chi connectivity index (χ0v) is 11.9. The molecule has 0 aliphatic rings. The maximum absolute atomic E-state index is 13.1. The molecule has 0 aromatic heterocycles. The Balaban J connectivity index is 1.83. The largest absolute Gasteiger partial charge is 0.461 e. The Hall–Kier alpha value is -2.36. The van der Waals surface area contributed by atoms with Crippen molar-refractivity contribution >= 4 is 11.7 Å². The first-order valence-corrected chi connectivity index (χ1v) is 6.79. The summed E-state index contributed by atoms with van der Waals surface area (Å²) in [7, 11) is 0. The molecule has 0 spiro atoms. The normalized spacial score (nSPS) is 10.4. The lowest BCUT2D eigenvalue weighted by molar-refractivity contribution is -0.144. The predicted octanol–water partition coefficient (Wildman–Crippen LogP) is 3.39. The number of anilines is 1. The van der Waals surface area contributed by atoms with E-state index >= 15 is 0 Å². The number of nitrogen functional groups attached to an aromatic ring is 1. The van der Waals surface area contributed by atoms with Gasteiger partial charge in [0.1, 0.15) is 12.4 Å². The highest BCUT2D eigenvalue weighted by Gasteiger charge is 2.07. The van der Waals surface area contributed by atoms with E-state index in [2.05, 4.69) is 0 Å². The maximum atomic E-state index is 13.1. The van der Waals surface area contributed by atoms with Crippen molar-refractivity contribution in [1.29, 1.82) is 0 Å². The number of aryl methyl sites for hydroxylation is 2. The number of rotatable bonds is 5. The van der Waals surface area contributed by atoms with Crippen molar-refractivity contribution in [3.63, 3.8) is 0 Å². The molecule has 0 atom stereocenters. The highest BCUT2D eigenvalue weighted by molar-refractivity contribution is 5.69. The molecule has 0 unspecified atom stereocenters. The summed E-state index contributed by atoms with van der Waals surface area (Å²) in [5.74, 6) is -0.632. The summed E-state index contributed by atoms with van der Waals surface area (Å²) in [6.07, 6.45) is 0.851. The number of carbonyl (C=O) groups excluding carboxylic acids is 1. The first-order chi connectivity index (χ1) is 10.0. The number of nitrogens with two attached hydrogens (primary N) is 1. The number of hydrogen-bond acceptors (Lipinski definition) is 3. The number of carbonyl (C=O) groups is 1. The van der Waals surface area contributed by atoms with Crippen molar-refractivity contribution in [1.82, 2.24) is 0 Å². The molecule has 2 rings (SSSR count). The second-order valence-electron chi connectivity index (χ2n) is 4.98. The van der Waals surface area contributed by atoms with Crippen LogP contribution >= 0.6 is 0 Å². The van der Waals surface area contributed by atoms with Gasteiger partial charge in [0.15, 0.2) is 0 Å². The Morgan fingerprint density at radius 3 is 2.81 bits per heavy atom. The molecule has 4 heteroatoms. The van der Waals surface area contributed by atoms with Crippen LogP contribution < -0.4 is 5.73 Å². The van der Waals surface area contributed by atoms with Gasteiger partial charge in [-0.15, -0.1) is 0 Å². The topological polar surface area (TPSA) is 52.3 Å². The standard InChI is InChI=1S/C17H18FNO2/c1-12-5-7-15(18)10-14(12)11-21-17(20)8-6-13-3-2-4-16(19)9-13/h2-5,7,9-10H,6,8,11,19H2,1H3. The molecule has 21 heavy (non-hydrogen) atoms.